The molecule has 1 rings (SSSR count). The molecular formula is C10H13NO2. The summed E-state index contributed by atoms with van der Waals surface area (Å²) in [6, 6.07) is 1.91. The Balaban J connectivity index is 2.84. The predicted octanol–water partition coefficient (Wildman–Crippen LogP) is 1.80. The molecule has 0 bridgehead atoms. The molecule has 1 fully saturated rings. The number of carbonyl (C=O) groups is 1. The first-order chi connectivity index (χ1) is 6.20. The van der Waals surface area contributed by atoms with Crippen LogP contribution in [0.5, 0.6) is 0 Å². The van der Waals surface area contributed by atoms with Crippen LogP contribution in [0.25, 0.3) is 0 Å². The zero-order valence-electron chi connectivity index (χ0n) is 7.96. The van der Waals surface area contributed by atoms with Crippen LogP contribution in [0, 0.1) is 17.2 Å². The molecule has 0 saturated heterocycles. The Labute approximate surface area is 78.0 Å². The molecule has 0 aromatic rings. The molecule has 0 spiro atoms. The van der Waals surface area contributed by atoms with Crippen molar-refractivity contribution in [3.63, 3.8) is 0 Å². The molecule has 1 saturated carbocycles. The third-order valence-corrected chi connectivity index (χ3v) is 2.61. The van der Waals surface area contributed by atoms with Crippen LogP contribution in [-0.2, 0) is 9.53 Å². The van der Waals surface area contributed by atoms with E-state index in [4.69, 9.17) is 5.26 Å². The van der Waals surface area contributed by atoms with E-state index in [-0.39, 0.29) is 5.57 Å². The topological polar surface area (TPSA) is 50.1 Å². The molecule has 1 aliphatic rings. The Morgan fingerprint density at radius 3 is 2.46 bits per heavy atom. The monoisotopic (exact) mass is 179 g/mol. The van der Waals surface area contributed by atoms with Crippen LogP contribution in [0.3, 0.4) is 0 Å². The van der Waals surface area contributed by atoms with Gasteiger partial charge in [0, 0.05) is 0 Å². The molecule has 0 unspecified atom stereocenters. The number of hydrogen-bond donors (Lipinski definition) is 0. The third kappa shape index (κ3) is 1.89. The fourth-order valence-corrected chi connectivity index (χ4v) is 1.44. The van der Waals surface area contributed by atoms with E-state index in [1.807, 2.05) is 13.0 Å². The van der Waals surface area contributed by atoms with Gasteiger partial charge in [-0.15, -0.1) is 0 Å². The molecule has 3 heteroatoms. The minimum absolute atomic E-state index is 0.187. The van der Waals surface area contributed by atoms with Crippen molar-refractivity contribution < 1.29 is 9.53 Å². The molecule has 0 aromatic heterocycles. The molecular weight excluding hydrogens is 166 g/mol. The van der Waals surface area contributed by atoms with Gasteiger partial charge in [0.2, 0.25) is 0 Å². The van der Waals surface area contributed by atoms with Gasteiger partial charge in [-0.1, -0.05) is 6.42 Å². The summed E-state index contributed by atoms with van der Waals surface area (Å²) in [6.45, 7) is 1.85. The van der Waals surface area contributed by atoms with E-state index in [0.717, 1.165) is 18.4 Å². The highest BCUT2D eigenvalue weighted by Gasteiger charge is 2.24. The van der Waals surface area contributed by atoms with Crippen molar-refractivity contribution in [1.82, 2.24) is 0 Å². The fourth-order valence-electron chi connectivity index (χ4n) is 1.44. The van der Waals surface area contributed by atoms with E-state index in [9.17, 15) is 4.79 Å². The average molecular weight is 179 g/mol. The SMILES string of the molecule is COC(=O)/C(C#N)=C(\C)C1CCC1. The molecule has 1 aliphatic carbocycles. The van der Waals surface area contributed by atoms with Crippen molar-refractivity contribution in [2.24, 2.45) is 5.92 Å². The molecule has 3 nitrogen and oxygen atoms in total. The lowest BCUT2D eigenvalue weighted by atomic mass is 9.78. The van der Waals surface area contributed by atoms with Crippen LogP contribution in [0.4, 0.5) is 0 Å². The Kier molecular flexibility index (Phi) is 3.07. The highest BCUT2D eigenvalue weighted by molar-refractivity contribution is 5.93. The summed E-state index contributed by atoms with van der Waals surface area (Å²) in [7, 11) is 1.30. The lowest BCUT2D eigenvalue weighted by Gasteiger charge is -2.26. The molecule has 0 aliphatic heterocycles. The summed E-state index contributed by atoms with van der Waals surface area (Å²) in [6.07, 6.45) is 3.38. The van der Waals surface area contributed by atoms with Crippen molar-refractivity contribution in [2.45, 2.75) is 26.2 Å². The maximum atomic E-state index is 11.1. The molecule has 0 aromatic carbocycles. The first kappa shape index (κ1) is 9.79. The largest absolute Gasteiger partial charge is 0.465 e. The number of carbonyl (C=O) groups excluding carboxylic acids is 1. The van der Waals surface area contributed by atoms with Crippen molar-refractivity contribution in [1.29, 1.82) is 5.26 Å². The molecule has 13 heavy (non-hydrogen) atoms. The minimum atomic E-state index is -0.507. The Morgan fingerprint density at radius 1 is 1.54 bits per heavy atom. The lowest BCUT2D eigenvalue weighted by molar-refractivity contribution is -0.135. The van der Waals surface area contributed by atoms with Gasteiger partial charge in [-0.2, -0.15) is 5.26 Å². The number of allylic oxidation sites excluding steroid dienone is 1. The van der Waals surface area contributed by atoms with Crippen LogP contribution < -0.4 is 0 Å². The van der Waals surface area contributed by atoms with Crippen molar-refractivity contribution in [2.75, 3.05) is 7.11 Å². The first-order valence-corrected chi connectivity index (χ1v) is 4.40. The number of ether oxygens (including phenoxy) is 1. The van der Waals surface area contributed by atoms with E-state index < -0.39 is 5.97 Å². The van der Waals surface area contributed by atoms with Gasteiger partial charge >= 0.3 is 5.97 Å². The second-order valence-electron chi connectivity index (χ2n) is 3.29. The molecule has 70 valence electrons. The summed E-state index contributed by atoms with van der Waals surface area (Å²) < 4.78 is 4.52. The van der Waals surface area contributed by atoms with E-state index in [2.05, 4.69) is 4.74 Å². The van der Waals surface area contributed by atoms with Gasteiger partial charge in [0.25, 0.3) is 0 Å². The highest BCUT2D eigenvalue weighted by atomic mass is 16.5. The van der Waals surface area contributed by atoms with Crippen LogP contribution in [-0.4, -0.2) is 13.1 Å². The highest BCUT2D eigenvalue weighted by Crippen LogP contribution is 2.34. The van der Waals surface area contributed by atoms with Gasteiger partial charge in [-0.25, -0.2) is 4.79 Å². The summed E-state index contributed by atoms with van der Waals surface area (Å²) in [5, 5.41) is 8.76. The maximum absolute atomic E-state index is 11.1. The van der Waals surface area contributed by atoms with E-state index >= 15 is 0 Å². The van der Waals surface area contributed by atoms with Crippen LogP contribution in [0.1, 0.15) is 26.2 Å². The first-order valence-electron chi connectivity index (χ1n) is 4.40. The fraction of sp³-hybridized carbons (Fsp3) is 0.600. The van der Waals surface area contributed by atoms with Crippen molar-refractivity contribution in [3.05, 3.63) is 11.1 Å². The quantitative estimate of drug-likeness (QED) is 0.369. The summed E-state index contributed by atoms with van der Waals surface area (Å²) in [4.78, 5) is 11.1. The van der Waals surface area contributed by atoms with E-state index in [1.165, 1.54) is 13.5 Å². The zero-order chi connectivity index (χ0) is 9.84. The Hall–Kier alpha value is -1.30. The summed E-state index contributed by atoms with van der Waals surface area (Å²) in [5.74, 6) is -0.0827. The number of nitrogens with zero attached hydrogens (tertiary/aromatic N) is 1. The van der Waals surface area contributed by atoms with Crippen LogP contribution in [0.15, 0.2) is 11.1 Å². The summed E-state index contributed by atoms with van der Waals surface area (Å²) >= 11 is 0. The van der Waals surface area contributed by atoms with Crippen LogP contribution >= 0.6 is 0 Å². The molecule has 0 N–H and O–H groups in total. The summed E-state index contributed by atoms with van der Waals surface area (Å²) in [5.41, 5.74) is 1.08. The number of hydrogen-bond acceptors (Lipinski definition) is 3. The maximum Gasteiger partial charge on any atom is 0.348 e. The standard InChI is InChI=1S/C10H13NO2/c1-7(8-4-3-5-8)9(6-11)10(12)13-2/h8H,3-5H2,1-2H3/b9-7+. The Bertz CT molecular complexity index is 282. The molecule has 0 heterocycles. The van der Waals surface area contributed by atoms with Gasteiger partial charge in [0.15, 0.2) is 0 Å². The van der Waals surface area contributed by atoms with Crippen LogP contribution in [0.2, 0.25) is 0 Å². The minimum Gasteiger partial charge on any atom is -0.465 e. The number of rotatable bonds is 2. The normalized spacial score (nSPS) is 18.2. The number of nitriles is 1. The molecule has 0 radical (unpaired) electrons. The predicted molar refractivity (Wildman–Crippen MR) is 47.7 cm³/mol. The number of methoxy groups -OCH3 is 1. The van der Waals surface area contributed by atoms with Crippen molar-refractivity contribution in [3.8, 4) is 6.07 Å². The van der Waals surface area contributed by atoms with Gasteiger partial charge in [-0.05, 0) is 31.3 Å². The smallest absolute Gasteiger partial charge is 0.348 e. The van der Waals surface area contributed by atoms with Crippen molar-refractivity contribution >= 4 is 5.97 Å². The Morgan fingerprint density at radius 2 is 2.15 bits per heavy atom. The molecule has 0 atom stereocenters. The number of esters is 1. The van der Waals surface area contributed by atoms with Gasteiger partial charge < -0.3 is 4.74 Å². The lowest BCUT2D eigenvalue weighted by Crippen LogP contribution is -2.16. The zero-order valence-corrected chi connectivity index (χ0v) is 7.96. The average Bonchev–Trinajstić information content (AvgIpc) is 2.02. The third-order valence-electron chi connectivity index (χ3n) is 2.61. The van der Waals surface area contributed by atoms with E-state index in [0.29, 0.717) is 5.92 Å². The molecule has 0 amide bonds. The second kappa shape index (κ2) is 4.08. The second-order valence-corrected chi connectivity index (χ2v) is 3.29. The van der Waals surface area contributed by atoms with E-state index in [1.54, 1.807) is 0 Å². The van der Waals surface area contributed by atoms with Gasteiger partial charge in [0.1, 0.15) is 11.6 Å². The van der Waals surface area contributed by atoms with Gasteiger partial charge in [-0.3, -0.25) is 0 Å². The van der Waals surface area contributed by atoms with Gasteiger partial charge in [0.05, 0.1) is 7.11 Å².